The van der Waals surface area contributed by atoms with E-state index in [1.807, 2.05) is 43.3 Å². The first-order valence-corrected chi connectivity index (χ1v) is 9.97. The van der Waals surface area contributed by atoms with Crippen LogP contribution in [0.3, 0.4) is 0 Å². The minimum Gasteiger partial charge on any atom is -0.467 e. The van der Waals surface area contributed by atoms with E-state index in [0.717, 1.165) is 24.1 Å². The molecular weight excluding hydrogens is 368 g/mol. The van der Waals surface area contributed by atoms with Gasteiger partial charge in [-0.2, -0.15) is 5.10 Å². The Kier molecular flexibility index (Phi) is 5.49. The molecule has 0 saturated heterocycles. The van der Waals surface area contributed by atoms with Gasteiger partial charge in [0.2, 0.25) is 5.91 Å². The Bertz CT molecular complexity index is 901. The molecule has 4 rings (SSSR count). The predicted octanol–water partition coefficient (Wildman–Crippen LogP) is 2.48. The molecule has 2 aliphatic rings. The van der Waals surface area contributed by atoms with Crippen molar-refractivity contribution in [2.24, 2.45) is 5.10 Å². The molecule has 7 nitrogen and oxygen atoms in total. The van der Waals surface area contributed by atoms with Crippen molar-refractivity contribution in [2.45, 2.75) is 38.3 Å². The molecule has 0 radical (unpaired) electrons. The fourth-order valence-corrected chi connectivity index (χ4v) is 3.47. The van der Waals surface area contributed by atoms with E-state index in [1.54, 1.807) is 18.2 Å². The van der Waals surface area contributed by atoms with Gasteiger partial charge >= 0.3 is 0 Å². The van der Waals surface area contributed by atoms with Gasteiger partial charge in [0.15, 0.2) is 0 Å². The summed E-state index contributed by atoms with van der Waals surface area (Å²) in [6.45, 7) is 2.34. The third-order valence-electron chi connectivity index (χ3n) is 5.18. The number of aryl methyl sites for hydroxylation is 1. The van der Waals surface area contributed by atoms with Crippen LogP contribution in [0.1, 0.15) is 42.2 Å². The number of amides is 2. The number of carbonyl (C=O) groups excluding carboxylic acids is 2. The van der Waals surface area contributed by atoms with Crippen molar-refractivity contribution < 1.29 is 14.0 Å². The van der Waals surface area contributed by atoms with Gasteiger partial charge in [0, 0.05) is 12.5 Å². The largest absolute Gasteiger partial charge is 0.467 e. The summed E-state index contributed by atoms with van der Waals surface area (Å²) in [5, 5.41) is 9.08. The monoisotopic (exact) mass is 394 g/mol. The summed E-state index contributed by atoms with van der Waals surface area (Å²) in [4.78, 5) is 26.7. The highest BCUT2D eigenvalue weighted by Gasteiger charge is 2.35. The fourth-order valence-electron chi connectivity index (χ4n) is 3.47. The third kappa shape index (κ3) is 4.74. The van der Waals surface area contributed by atoms with Crippen LogP contribution in [-0.4, -0.2) is 53.6 Å². The molecule has 1 N–H and O–H groups in total. The highest BCUT2D eigenvalue weighted by Crippen LogP contribution is 2.33. The number of furan rings is 1. The zero-order valence-electron chi connectivity index (χ0n) is 16.8. The number of hydrogen-bond donors (Lipinski definition) is 1. The Morgan fingerprint density at radius 3 is 2.62 bits per heavy atom. The average molecular weight is 394 g/mol. The van der Waals surface area contributed by atoms with Crippen molar-refractivity contribution in [3.8, 4) is 0 Å². The SMILES string of the molecule is Cc1ccc(C2=NN(C(=O)CN(C)CC(=O)NC3CC3)[C@H](c3ccco3)C2)cc1. The molecule has 1 aromatic heterocycles. The maximum absolute atomic E-state index is 13.0. The second-order valence-electron chi connectivity index (χ2n) is 7.90. The first kappa shape index (κ1) is 19.4. The van der Waals surface area contributed by atoms with Crippen LogP contribution in [0.5, 0.6) is 0 Å². The van der Waals surface area contributed by atoms with E-state index in [-0.39, 0.29) is 30.9 Å². The predicted molar refractivity (Wildman–Crippen MR) is 109 cm³/mol. The molecule has 29 heavy (non-hydrogen) atoms. The molecule has 0 unspecified atom stereocenters. The molecule has 0 spiro atoms. The summed E-state index contributed by atoms with van der Waals surface area (Å²) in [6.07, 6.45) is 4.29. The summed E-state index contributed by atoms with van der Waals surface area (Å²) >= 11 is 0. The molecule has 0 bridgehead atoms. The first-order chi connectivity index (χ1) is 14.0. The van der Waals surface area contributed by atoms with E-state index in [9.17, 15) is 9.59 Å². The highest BCUT2D eigenvalue weighted by molar-refractivity contribution is 6.03. The van der Waals surface area contributed by atoms with E-state index in [1.165, 1.54) is 10.6 Å². The van der Waals surface area contributed by atoms with Crippen LogP contribution in [0.15, 0.2) is 52.2 Å². The summed E-state index contributed by atoms with van der Waals surface area (Å²) in [5.41, 5.74) is 3.03. The van der Waals surface area contributed by atoms with Gasteiger partial charge in [-0.05, 0) is 44.5 Å². The number of nitrogens with zero attached hydrogens (tertiary/aromatic N) is 3. The lowest BCUT2D eigenvalue weighted by Crippen LogP contribution is -2.41. The van der Waals surface area contributed by atoms with Crippen molar-refractivity contribution in [1.82, 2.24) is 15.2 Å². The number of nitrogens with one attached hydrogen (secondary N) is 1. The minimum atomic E-state index is -0.275. The van der Waals surface area contributed by atoms with Crippen LogP contribution < -0.4 is 5.32 Å². The van der Waals surface area contributed by atoms with E-state index < -0.39 is 0 Å². The number of rotatable bonds is 7. The van der Waals surface area contributed by atoms with Gasteiger partial charge in [0.1, 0.15) is 11.8 Å². The molecule has 7 heteroatoms. The van der Waals surface area contributed by atoms with Crippen molar-refractivity contribution in [3.05, 3.63) is 59.5 Å². The van der Waals surface area contributed by atoms with Crippen LogP contribution in [0, 0.1) is 6.92 Å². The van der Waals surface area contributed by atoms with Gasteiger partial charge in [-0.3, -0.25) is 14.5 Å². The van der Waals surface area contributed by atoms with Crippen molar-refractivity contribution in [2.75, 3.05) is 20.1 Å². The minimum absolute atomic E-state index is 0.0457. The lowest BCUT2D eigenvalue weighted by Gasteiger charge is -2.23. The van der Waals surface area contributed by atoms with E-state index in [0.29, 0.717) is 18.2 Å². The van der Waals surface area contributed by atoms with Crippen LogP contribution in [0.4, 0.5) is 0 Å². The van der Waals surface area contributed by atoms with E-state index >= 15 is 0 Å². The molecule has 1 aromatic carbocycles. The molecule has 1 saturated carbocycles. The summed E-state index contributed by atoms with van der Waals surface area (Å²) in [6, 6.07) is 11.8. The number of likely N-dealkylation sites (N-methyl/N-ethyl adjacent to an activating group) is 1. The Morgan fingerprint density at radius 2 is 1.97 bits per heavy atom. The molecular formula is C22H26N4O3. The average Bonchev–Trinajstić information content (AvgIpc) is 3.17. The first-order valence-electron chi connectivity index (χ1n) is 9.97. The lowest BCUT2D eigenvalue weighted by molar-refractivity contribution is -0.134. The van der Waals surface area contributed by atoms with Crippen molar-refractivity contribution in [3.63, 3.8) is 0 Å². The van der Waals surface area contributed by atoms with Gasteiger partial charge in [-0.15, -0.1) is 0 Å². The maximum atomic E-state index is 13.0. The maximum Gasteiger partial charge on any atom is 0.257 e. The summed E-state index contributed by atoms with van der Waals surface area (Å²) in [5.74, 6) is 0.504. The van der Waals surface area contributed by atoms with Crippen molar-refractivity contribution in [1.29, 1.82) is 0 Å². The zero-order chi connectivity index (χ0) is 20.4. The molecule has 152 valence electrons. The highest BCUT2D eigenvalue weighted by atomic mass is 16.3. The third-order valence-corrected chi connectivity index (χ3v) is 5.18. The van der Waals surface area contributed by atoms with Gasteiger partial charge < -0.3 is 9.73 Å². The van der Waals surface area contributed by atoms with Crippen LogP contribution in [-0.2, 0) is 9.59 Å². The second kappa shape index (κ2) is 8.21. The van der Waals surface area contributed by atoms with Crippen LogP contribution >= 0.6 is 0 Å². The van der Waals surface area contributed by atoms with Gasteiger partial charge in [0.25, 0.3) is 5.91 Å². The second-order valence-corrected chi connectivity index (χ2v) is 7.90. The molecule has 2 aromatic rings. The van der Waals surface area contributed by atoms with E-state index in [4.69, 9.17) is 4.42 Å². The van der Waals surface area contributed by atoms with E-state index in [2.05, 4.69) is 10.4 Å². The number of benzene rings is 1. The van der Waals surface area contributed by atoms with Gasteiger partial charge in [-0.25, -0.2) is 5.01 Å². The van der Waals surface area contributed by atoms with Gasteiger partial charge in [-0.1, -0.05) is 29.8 Å². The van der Waals surface area contributed by atoms with Crippen LogP contribution in [0.2, 0.25) is 0 Å². The Labute approximate surface area is 170 Å². The van der Waals surface area contributed by atoms with Crippen LogP contribution in [0.25, 0.3) is 0 Å². The zero-order valence-corrected chi connectivity index (χ0v) is 16.8. The molecule has 1 fully saturated rings. The fraction of sp³-hybridized carbons (Fsp3) is 0.409. The topological polar surface area (TPSA) is 78.2 Å². The number of hydrazone groups is 1. The molecule has 2 amide bonds. The lowest BCUT2D eigenvalue weighted by atomic mass is 10.0. The summed E-state index contributed by atoms with van der Waals surface area (Å²) < 4.78 is 5.58. The summed E-state index contributed by atoms with van der Waals surface area (Å²) in [7, 11) is 1.77. The van der Waals surface area contributed by atoms with Gasteiger partial charge in [0.05, 0.1) is 25.1 Å². The molecule has 1 aliphatic heterocycles. The Morgan fingerprint density at radius 1 is 1.21 bits per heavy atom. The standard InChI is InChI=1S/C22H26N4O3/c1-15-5-7-16(8-6-15)18-12-19(20-4-3-11-29-20)26(24-18)22(28)14-25(2)13-21(27)23-17-9-10-17/h3-8,11,17,19H,9-10,12-14H2,1-2H3,(H,23,27)/t19-/m0/s1. The van der Waals surface area contributed by atoms with Crippen molar-refractivity contribution >= 4 is 17.5 Å². The number of hydrogen-bond acceptors (Lipinski definition) is 5. The Hall–Kier alpha value is -2.93. The molecule has 1 atom stereocenters. The number of carbonyl (C=O) groups is 2. The quantitative estimate of drug-likeness (QED) is 0.783. The normalized spacial score (nSPS) is 18.8. The molecule has 1 aliphatic carbocycles. The smallest absolute Gasteiger partial charge is 0.257 e. The molecule has 2 heterocycles. The Balaban J connectivity index is 1.47.